The Balaban J connectivity index is 1.27. The number of carbonyl (C=O) groups is 1. The third-order valence-electron chi connectivity index (χ3n) is 4.88. The Labute approximate surface area is 129 Å². The molecule has 21 heavy (non-hydrogen) atoms. The zero-order valence-corrected chi connectivity index (χ0v) is 13.3. The number of rotatable bonds is 4. The van der Waals surface area contributed by atoms with Gasteiger partial charge in [0.15, 0.2) is 0 Å². The lowest BCUT2D eigenvalue weighted by Gasteiger charge is -2.30. The lowest BCUT2D eigenvalue weighted by atomic mass is 9.96. The highest BCUT2D eigenvalue weighted by molar-refractivity contribution is 7.11. The monoisotopic (exact) mass is 305 g/mol. The van der Waals surface area contributed by atoms with Crippen LogP contribution in [0.3, 0.4) is 0 Å². The molecule has 0 unspecified atom stereocenters. The fourth-order valence-electron chi connectivity index (χ4n) is 3.40. The Hall–Kier alpha value is -0.940. The standard InChI is InChI=1S/C16H23N3OS/c20-16(17-12-4-5-12)11-6-8-19(9-7-11)10-15-18-13-2-1-3-14(13)21-15/h11-12H,1-10H2,(H,17,20). The summed E-state index contributed by atoms with van der Waals surface area (Å²) in [6.07, 6.45) is 8.06. The van der Waals surface area contributed by atoms with Crippen LogP contribution in [0.25, 0.3) is 0 Å². The molecule has 3 aliphatic rings. The summed E-state index contributed by atoms with van der Waals surface area (Å²) in [4.78, 5) is 20.8. The lowest BCUT2D eigenvalue weighted by Crippen LogP contribution is -2.40. The molecule has 4 nitrogen and oxygen atoms in total. The molecule has 1 aliphatic heterocycles. The number of hydrogen-bond donors (Lipinski definition) is 1. The predicted octanol–water partition coefficient (Wildman–Crippen LogP) is 2.12. The first-order chi connectivity index (χ1) is 10.3. The van der Waals surface area contributed by atoms with Crippen molar-refractivity contribution in [2.45, 2.75) is 57.5 Å². The molecule has 114 valence electrons. The Morgan fingerprint density at radius 2 is 2.05 bits per heavy atom. The van der Waals surface area contributed by atoms with Gasteiger partial charge in [0.1, 0.15) is 5.01 Å². The number of thiazole rings is 1. The molecular weight excluding hydrogens is 282 g/mol. The van der Waals surface area contributed by atoms with E-state index in [-0.39, 0.29) is 5.92 Å². The molecule has 1 aromatic heterocycles. The van der Waals surface area contributed by atoms with Crippen LogP contribution in [0.5, 0.6) is 0 Å². The molecule has 0 radical (unpaired) electrons. The molecule has 5 heteroatoms. The van der Waals surface area contributed by atoms with Crippen molar-refractivity contribution in [2.75, 3.05) is 13.1 Å². The molecular formula is C16H23N3OS. The highest BCUT2D eigenvalue weighted by Gasteiger charge is 2.30. The highest BCUT2D eigenvalue weighted by Crippen LogP contribution is 2.29. The van der Waals surface area contributed by atoms with E-state index >= 15 is 0 Å². The summed E-state index contributed by atoms with van der Waals surface area (Å²) in [7, 11) is 0. The van der Waals surface area contributed by atoms with Crippen molar-refractivity contribution in [1.29, 1.82) is 0 Å². The van der Waals surface area contributed by atoms with E-state index in [0.29, 0.717) is 11.9 Å². The number of aromatic nitrogens is 1. The van der Waals surface area contributed by atoms with E-state index in [4.69, 9.17) is 4.98 Å². The second kappa shape index (κ2) is 5.69. The second-order valence-electron chi connectivity index (χ2n) is 6.66. The molecule has 1 saturated carbocycles. The van der Waals surface area contributed by atoms with Crippen LogP contribution in [0.15, 0.2) is 0 Å². The Kier molecular flexibility index (Phi) is 3.71. The van der Waals surface area contributed by atoms with Crippen LogP contribution in [0.1, 0.15) is 47.7 Å². The number of nitrogens with one attached hydrogen (secondary N) is 1. The second-order valence-corrected chi connectivity index (χ2v) is 7.83. The molecule has 1 N–H and O–H groups in total. The first kappa shape index (κ1) is 13.7. The maximum Gasteiger partial charge on any atom is 0.223 e. The van der Waals surface area contributed by atoms with Gasteiger partial charge in [0, 0.05) is 16.8 Å². The summed E-state index contributed by atoms with van der Waals surface area (Å²) in [6.45, 7) is 3.05. The molecule has 0 bridgehead atoms. The van der Waals surface area contributed by atoms with E-state index in [1.54, 1.807) is 0 Å². The van der Waals surface area contributed by atoms with Crippen molar-refractivity contribution >= 4 is 17.2 Å². The molecule has 1 aromatic rings. The number of aryl methyl sites for hydroxylation is 2. The molecule has 1 amide bonds. The summed E-state index contributed by atoms with van der Waals surface area (Å²) in [5, 5.41) is 4.42. The molecule has 2 aliphatic carbocycles. The Bertz CT molecular complexity index is 508. The van der Waals surface area contributed by atoms with Crippen molar-refractivity contribution in [3.05, 3.63) is 15.6 Å². The average Bonchev–Trinajstić information content (AvgIpc) is 3.04. The quantitative estimate of drug-likeness (QED) is 0.927. The molecule has 2 heterocycles. The summed E-state index contributed by atoms with van der Waals surface area (Å²) in [5.41, 5.74) is 1.36. The van der Waals surface area contributed by atoms with Gasteiger partial charge in [0.2, 0.25) is 5.91 Å². The summed E-state index contributed by atoms with van der Waals surface area (Å²) in [6, 6.07) is 0.494. The van der Waals surface area contributed by atoms with Gasteiger partial charge in [0.25, 0.3) is 0 Å². The lowest BCUT2D eigenvalue weighted by molar-refractivity contribution is -0.126. The number of piperidine rings is 1. The molecule has 0 spiro atoms. The van der Waals surface area contributed by atoms with E-state index in [1.165, 1.54) is 47.7 Å². The zero-order chi connectivity index (χ0) is 14.2. The smallest absolute Gasteiger partial charge is 0.223 e. The highest BCUT2D eigenvalue weighted by atomic mass is 32.1. The average molecular weight is 305 g/mol. The van der Waals surface area contributed by atoms with Gasteiger partial charge in [-0.15, -0.1) is 11.3 Å². The Morgan fingerprint density at radius 3 is 2.76 bits per heavy atom. The zero-order valence-electron chi connectivity index (χ0n) is 12.4. The summed E-state index contributed by atoms with van der Waals surface area (Å²) < 4.78 is 0. The first-order valence-electron chi connectivity index (χ1n) is 8.28. The normalized spacial score (nSPS) is 23.2. The van der Waals surface area contributed by atoms with Crippen LogP contribution >= 0.6 is 11.3 Å². The maximum absolute atomic E-state index is 12.1. The fourth-order valence-corrected chi connectivity index (χ4v) is 4.60. The van der Waals surface area contributed by atoms with Gasteiger partial charge in [-0.1, -0.05) is 0 Å². The number of amides is 1. The van der Waals surface area contributed by atoms with Crippen molar-refractivity contribution in [1.82, 2.24) is 15.2 Å². The minimum Gasteiger partial charge on any atom is -0.353 e. The number of hydrogen-bond acceptors (Lipinski definition) is 4. The Morgan fingerprint density at radius 1 is 1.24 bits per heavy atom. The van der Waals surface area contributed by atoms with Gasteiger partial charge < -0.3 is 5.32 Å². The minimum absolute atomic E-state index is 0.239. The fraction of sp³-hybridized carbons (Fsp3) is 0.750. The van der Waals surface area contributed by atoms with E-state index in [0.717, 1.165) is 32.5 Å². The minimum atomic E-state index is 0.239. The number of carbonyl (C=O) groups excluding carboxylic acids is 1. The van der Waals surface area contributed by atoms with Crippen LogP contribution < -0.4 is 5.32 Å². The summed E-state index contributed by atoms with van der Waals surface area (Å²) >= 11 is 1.91. The van der Waals surface area contributed by atoms with Crippen molar-refractivity contribution < 1.29 is 4.79 Å². The molecule has 1 saturated heterocycles. The maximum atomic E-state index is 12.1. The third-order valence-corrected chi connectivity index (χ3v) is 6.02. The number of fused-ring (bicyclic) bond motifs is 1. The van der Waals surface area contributed by atoms with E-state index < -0.39 is 0 Å². The van der Waals surface area contributed by atoms with Crippen molar-refractivity contribution in [3.8, 4) is 0 Å². The number of nitrogens with zero attached hydrogens (tertiary/aromatic N) is 2. The van der Waals surface area contributed by atoms with Crippen LogP contribution in [0.4, 0.5) is 0 Å². The van der Waals surface area contributed by atoms with Crippen LogP contribution in [0, 0.1) is 5.92 Å². The van der Waals surface area contributed by atoms with Gasteiger partial charge in [-0.05, 0) is 58.0 Å². The van der Waals surface area contributed by atoms with Crippen molar-refractivity contribution in [3.63, 3.8) is 0 Å². The first-order valence-corrected chi connectivity index (χ1v) is 9.10. The third kappa shape index (κ3) is 3.14. The SMILES string of the molecule is O=C(NC1CC1)C1CCN(Cc2nc3c(s2)CCC3)CC1. The topological polar surface area (TPSA) is 45.2 Å². The van der Waals surface area contributed by atoms with E-state index in [9.17, 15) is 4.79 Å². The summed E-state index contributed by atoms with van der Waals surface area (Å²) in [5.74, 6) is 0.536. The predicted molar refractivity (Wildman–Crippen MR) is 83.3 cm³/mol. The van der Waals surface area contributed by atoms with Crippen molar-refractivity contribution in [2.24, 2.45) is 5.92 Å². The largest absolute Gasteiger partial charge is 0.353 e. The number of likely N-dealkylation sites (tertiary alicyclic amines) is 1. The van der Waals surface area contributed by atoms with Crippen LogP contribution in [0.2, 0.25) is 0 Å². The van der Waals surface area contributed by atoms with Gasteiger partial charge in [-0.2, -0.15) is 0 Å². The molecule has 0 atom stereocenters. The van der Waals surface area contributed by atoms with E-state index in [1.807, 2.05) is 11.3 Å². The molecule has 0 aromatic carbocycles. The van der Waals surface area contributed by atoms with E-state index in [2.05, 4.69) is 10.2 Å². The van der Waals surface area contributed by atoms with Gasteiger partial charge in [-0.3, -0.25) is 9.69 Å². The van der Waals surface area contributed by atoms with Gasteiger partial charge in [-0.25, -0.2) is 4.98 Å². The van der Waals surface area contributed by atoms with Crippen LogP contribution in [-0.4, -0.2) is 34.9 Å². The molecule has 2 fully saturated rings. The van der Waals surface area contributed by atoms with Gasteiger partial charge in [0.05, 0.1) is 12.2 Å². The molecule has 4 rings (SSSR count). The van der Waals surface area contributed by atoms with Gasteiger partial charge >= 0.3 is 0 Å². The van der Waals surface area contributed by atoms with Crippen LogP contribution in [-0.2, 0) is 24.2 Å².